The van der Waals surface area contributed by atoms with Gasteiger partial charge in [0.25, 0.3) is 5.91 Å². The standard InChI is InChI=1S/C14H14ClN3O3S/c1-18-7-11(12(17-18)14(20)21-2)16-13(19)9-6-8(22-3)4-5-10(9)15/h4-7H,1-3H3,(H,16,19). The third-order valence-electron chi connectivity index (χ3n) is 2.87. The number of nitrogens with one attached hydrogen (secondary N) is 1. The molecule has 22 heavy (non-hydrogen) atoms. The average Bonchev–Trinajstić information content (AvgIpc) is 2.87. The molecule has 0 spiro atoms. The van der Waals surface area contributed by atoms with Gasteiger partial charge >= 0.3 is 5.97 Å². The van der Waals surface area contributed by atoms with E-state index >= 15 is 0 Å². The number of thioether (sulfide) groups is 1. The molecule has 0 fully saturated rings. The molecule has 0 atom stereocenters. The van der Waals surface area contributed by atoms with E-state index in [4.69, 9.17) is 11.6 Å². The Morgan fingerprint density at radius 1 is 1.41 bits per heavy atom. The Bertz CT molecular complexity index is 730. The predicted octanol–water partition coefficient (Wildman–Crippen LogP) is 2.83. The Kier molecular flexibility index (Phi) is 5.10. The first-order chi connectivity index (χ1) is 10.5. The van der Waals surface area contributed by atoms with E-state index in [0.717, 1.165) is 4.90 Å². The Hall–Kier alpha value is -1.99. The fourth-order valence-electron chi connectivity index (χ4n) is 1.82. The van der Waals surface area contributed by atoms with Crippen LogP contribution in [0.1, 0.15) is 20.8 Å². The molecule has 0 saturated heterocycles. The van der Waals surface area contributed by atoms with Gasteiger partial charge in [0, 0.05) is 18.1 Å². The fourth-order valence-corrected chi connectivity index (χ4v) is 2.47. The highest BCUT2D eigenvalue weighted by Gasteiger charge is 2.20. The molecule has 0 saturated carbocycles. The van der Waals surface area contributed by atoms with E-state index in [1.165, 1.54) is 29.8 Å². The molecule has 0 aliphatic carbocycles. The lowest BCUT2D eigenvalue weighted by Crippen LogP contribution is -2.15. The van der Waals surface area contributed by atoms with Crippen molar-refractivity contribution < 1.29 is 14.3 Å². The van der Waals surface area contributed by atoms with E-state index < -0.39 is 11.9 Å². The minimum atomic E-state index is -0.625. The summed E-state index contributed by atoms with van der Waals surface area (Å²) in [5, 5.41) is 6.95. The zero-order valence-corrected chi connectivity index (χ0v) is 13.8. The first-order valence-electron chi connectivity index (χ1n) is 6.23. The van der Waals surface area contributed by atoms with Crippen LogP contribution in [0, 0.1) is 0 Å². The van der Waals surface area contributed by atoms with Crippen molar-refractivity contribution in [2.24, 2.45) is 7.05 Å². The van der Waals surface area contributed by atoms with Crippen molar-refractivity contribution in [1.29, 1.82) is 0 Å². The fraction of sp³-hybridized carbons (Fsp3) is 0.214. The van der Waals surface area contributed by atoms with Crippen LogP contribution < -0.4 is 5.32 Å². The number of amides is 1. The van der Waals surface area contributed by atoms with Crippen molar-refractivity contribution in [2.75, 3.05) is 18.7 Å². The summed E-state index contributed by atoms with van der Waals surface area (Å²) in [5.41, 5.74) is 0.633. The number of nitrogens with zero attached hydrogens (tertiary/aromatic N) is 2. The maximum Gasteiger partial charge on any atom is 0.360 e. The number of hydrogen-bond donors (Lipinski definition) is 1. The van der Waals surface area contributed by atoms with E-state index in [1.54, 1.807) is 19.2 Å². The maximum absolute atomic E-state index is 12.4. The second-order valence-electron chi connectivity index (χ2n) is 4.36. The Balaban J connectivity index is 2.31. The van der Waals surface area contributed by atoms with Gasteiger partial charge in [0.05, 0.1) is 23.4 Å². The lowest BCUT2D eigenvalue weighted by molar-refractivity contribution is 0.0594. The van der Waals surface area contributed by atoms with Gasteiger partial charge in [-0.3, -0.25) is 9.48 Å². The zero-order chi connectivity index (χ0) is 16.3. The van der Waals surface area contributed by atoms with Gasteiger partial charge < -0.3 is 10.1 Å². The zero-order valence-electron chi connectivity index (χ0n) is 12.2. The van der Waals surface area contributed by atoms with Crippen LogP contribution in [-0.4, -0.2) is 35.0 Å². The van der Waals surface area contributed by atoms with E-state index in [0.29, 0.717) is 10.6 Å². The van der Waals surface area contributed by atoms with Crippen LogP contribution in [0.15, 0.2) is 29.3 Å². The van der Waals surface area contributed by atoms with Crippen molar-refractivity contribution >= 4 is 40.9 Å². The number of halogens is 1. The second-order valence-corrected chi connectivity index (χ2v) is 5.64. The van der Waals surface area contributed by atoms with Crippen molar-refractivity contribution in [3.05, 3.63) is 40.7 Å². The number of esters is 1. The van der Waals surface area contributed by atoms with Crippen LogP contribution >= 0.6 is 23.4 Å². The van der Waals surface area contributed by atoms with Gasteiger partial charge in [-0.25, -0.2) is 4.79 Å². The van der Waals surface area contributed by atoms with Gasteiger partial charge in [0.15, 0.2) is 5.69 Å². The van der Waals surface area contributed by atoms with Gasteiger partial charge in [-0.15, -0.1) is 11.8 Å². The largest absolute Gasteiger partial charge is 0.464 e. The van der Waals surface area contributed by atoms with E-state index in [1.807, 2.05) is 12.3 Å². The molecule has 0 bridgehead atoms. The summed E-state index contributed by atoms with van der Waals surface area (Å²) in [4.78, 5) is 24.9. The molecule has 1 N–H and O–H groups in total. The van der Waals surface area contributed by atoms with Crippen molar-refractivity contribution in [3.8, 4) is 0 Å². The summed E-state index contributed by atoms with van der Waals surface area (Å²) in [6.07, 6.45) is 3.43. The van der Waals surface area contributed by atoms with E-state index in [-0.39, 0.29) is 11.4 Å². The summed E-state index contributed by atoms with van der Waals surface area (Å²) < 4.78 is 6.06. The lowest BCUT2D eigenvalue weighted by atomic mass is 10.2. The number of carbonyl (C=O) groups is 2. The third kappa shape index (κ3) is 3.42. The highest BCUT2D eigenvalue weighted by atomic mass is 35.5. The highest BCUT2D eigenvalue weighted by molar-refractivity contribution is 7.98. The number of ether oxygens (including phenoxy) is 1. The predicted molar refractivity (Wildman–Crippen MR) is 85.7 cm³/mol. The van der Waals surface area contributed by atoms with Gasteiger partial charge in [0.1, 0.15) is 0 Å². The Morgan fingerprint density at radius 2 is 2.14 bits per heavy atom. The molecule has 0 aliphatic rings. The minimum absolute atomic E-state index is 0.0375. The smallest absolute Gasteiger partial charge is 0.360 e. The first-order valence-corrected chi connectivity index (χ1v) is 7.83. The summed E-state index contributed by atoms with van der Waals surface area (Å²) in [5.74, 6) is -1.04. The third-order valence-corrected chi connectivity index (χ3v) is 3.93. The molecular weight excluding hydrogens is 326 g/mol. The number of hydrogen-bond acceptors (Lipinski definition) is 5. The molecular formula is C14H14ClN3O3S. The van der Waals surface area contributed by atoms with E-state index in [2.05, 4.69) is 15.2 Å². The van der Waals surface area contributed by atoms with Crippen molar-refractivity contribution in [3.63, 3.8) is 0 Å². The molecule has 1 amide bonds. The summed E-state index contributed by atoms with van der Waals surface area (Å²) >= 11 is 7.57. The molecule has 0 radical (unpaired) electrons. The van der Waals surface area contributed by atoms with Gasteiger partial charge in [-0.05, 0) is 24.5 Å². The second kappa shape index (κ2) is 6.85. The number of carbonyl (C=O) groups excluding carboxylic acids is 2. The Labute approximate surface area is 136 Å². The van der Waals surface area contributed by atoms with Crippen LogP contribution in [0.3, 0.4) is 0 Å². The molecule has 6 nitrogen and oxygen atoms in total. The molecule has 0 unspecified atom stereocenters. The monoisotopic (exact) mass is 339 g/mol. The van der Waals surface area contributed by atoms with Crippen LogP contribution in [0.2, 0.25) is 5.02 Å². The average molecular weight is 340 g/mol. The van der Waals surface area contributed by atoms with Crippen molar-refractivity contribution in [1.82, 2.24) is 9.78 Å². The van der Waals surface area contributed by atoms with Gasteiger partial charge in [-0.1, -0.05) is 11.6 Å². The lowest BCUT2D eigenvalue weighted by Gasteiger charge is -2.07. The van der Waals surface area contributed by atoms with Crippen molar-refractivity contribution in [2.45, 2.75) is 4.90 Å². The molecule has 1 aromatic heterocycles. The molecule has 2 rings (SSSR count). The van der Waals surface area contributed by atoms with Crippen LogP contribution in [0.5, 0.6) is 0 Å². The number of aromatic nitrogens is 2. The normalized spacial score (nSPS) is 10.4. The number of anilines is 1. The topological polar surface area (TPSA) is 73.2 Å². The number of aryl methyl sites for hydroxylation is 1. The van der Waals surface area contributed by atoms with Crippen LogP contribution in [0.4, 0.5) is 5.69 Å². The number of benzene rings is 1. The van der Waals surface area contributed by atoms with E-state index in [9.17, 15) is 9.59 Å². The Morgan fingerprint density at radius 3 is 2.77 bits per heavy atom. The molecule has 116 valence electrons. The summed E-state index contributed by atoms with van der Waals surface area (Å²) in [7, 11) is 2.89. The maximum atomic E-state index is 12.4. The van der Waals surface area contributed by atoms with Crippen LogP contribution in [0.25, 0.3) is 0 Å². The molecule has 8 heteroatoms. The summed E-state index contributed by atoms with van der Waals surface area (Å²) in [6, 6.07) is 5.18. The molecule has 2 aromatic rings. The molecule has 1 heterocycles. The SMILES string of the molecule is COC(=O)c1nn(C)cc1NC(=O)c1cc(SC)ccc1Cl. The minimum Gasteiger partial charge on any atom is -0.464 e. The quantitative estimate of drug-likeness (QED) is 0.685. The number of methoxy groups -OCH3 is 1. The van der Waals surface area contributed by atoms with Crippen LogP contribution in [-0.2, 0) is 11.8 Å². The highest BCUT2D eigenvalue weighted by Crippen LogP contribution is 2.24. The molecule has 1 aromatic carbocycles. The number of rotatable bonds is 4. The summed E-state index contributed by atoms with van der Waals surface area (Å²) in [6.45, 7) is 0. The van der Waals surface area contributed by atoms with Gasteiger partial charge in [-0.2, -0.15) is 5.10 Å². The molecule has 0 aliphatic heterocycles. The first kappa shape index (κ1) is 16.4. The van der Waals surface area contributed by atoms with Gasteiger partial charge in [0.2, 0.25) is 0 Å².